The molecule has 4 heteroatoms. The standard InChI is InChI=1S/C18H28N2O2/c1-15(2)17(16-7-5-4-6-8-16)13-19-9-11-20(12-10-19)18(21)14-22-3/h4-8,15,17H,9-14H2,1-3H3. The van der Waals surface area contributed by atoms with E-state index >= 15 is 0 Å². The van der Waals surface area contributed by atoms with Gasteiger partial charge in [0.05, 0.1) is 0 Å². The van der Waals surface area contributed by atoms with Crippen molar-refractivity contribution in [3.63, 3.8) is 0 Å². The molecular formula is C18H28N2O2. The number of rotatable bonds is 6. The molecule has 1 aromatic rings. The lowest BCUT2D eigenvalue weighted by molar-refractivity contribution is -0.136. The summed E-state index contributed by atoms with van der Waals surface area (Å²) in [5.41, 5.74) is 1.41. The van der Waals surface area contributed by atoms with Crippen LogP contribution in [0.1, 0.15) is 25.3 Å². The van der Waals surface area contributed by atoms with E-state index in [1.807, 2.05) is 4.90 Å². The predicted octanol–water partition coefficient (Wildman–Crippen LogP) is 2.22. The van der Waals surface area contributed by atoms with E-state index in [1.165, 1.54) is 5.56 Å². The number of hydrogen-bond acceptors (Lipinski definition) is 3. The van der Waals surface area contributed by atoms with Gasteiger partial charge in [0.15, 0.2) is 0 Å². The van der Waals surface area contributed by atoms with Gasteiger partial charge in [0, 0.05) is 39.8 Å². The van der Waals surface area contributed by atoms with Crippen molar-refractivity contribution in [2.24, 2.45) is 5.92 Å². The van der Waals surface area contributed by atoms with Crippen LogP contribution in [0.4, 0.5) is 0 Å². The van der Waals surface area contributed by atoms with Crippen LogP contribution in [0.15, 0.2) is 30.3 Å². The summed E-state index contributed by atoms with van der Waals surface area (Å²) in [6.45, 7) is 9.35. The first-order valence-corrected chi connectivity index (χ1v) is 8.15. The summed E-state index contributed by atoms with van der Waals surface area (Å²) in [6.07, 6.45) is 0. The normalized spacial score (nSPS) is 17.7. The van der Waals surface area contributed by atoms with Crippen LogP contribution in [0.3, 0.4) is 0 Å². The molecule has 0 saturated carbocycles. The Balaban J connectivity index is 1.89. The van der Waals surface area contributed by atoms with Crippen LogP contribution in [-0.4, -0.2) is 62.1 Å². The molecular weight excluding hydrogens is 276 g/mol. The minimum Gasteiger partial charge on any atom is -0.375 e. The van der Waals surface area contributed by atoms with E-state index < -0.39 is 0 Å². The Morgan fingerprint density at radius 3 is 2.32 bits per heavy atom. The molecule has 1 aliphatic rings. The average Bonchev–Trinajstić information content (AvgIpc) is 2.54. The summed E-state index contributed by atoms with van der Waals surface area (Å²) in [6, 6.07) is 10.8. The molecule has 0 aliphatic carbocycles. The van der Waals surface area contributed by atoms with E-state index in [0.717, 1.165) is 32.7 Å². The third-order valence-corrected chi connectivity index (χ3v) is 4.48. The average molecular weight is 304 g/mol. The maximum Gasteiger partial charge on any atom is 0.248 e. The zero-order chi connectivity index (χ0) is 15.9. The van der Waals surface area contributed by atoms with Crippen LogP contribution < -0.4 is 0 Å². The Morgan fingerprint density at radius 2 is 1.77 bits per heavy atom. The summed E-state index contributed by atoms with van der Waals surface area (Å²) in [5, 5.41) is 0. The number of amides is 1. The van der Waals surface area contributed by atoms with Crippen LogP contribution in [0.2, 0.25) is 0 Å². The fourth-order valence-electron chi connectivity index (χ4n) is 3.07. The van der Waals surface area contributed by atoms with Crippen molar-refractivity contribution in [3.8, 4) is 0 Å². The van der Waals surface area contributed by atoms with E-state index in [9.17, 15) is 4.79 Å². The first-order valence-electron chi connectivity index (χ1n) is 8.15. The predicted molar refractivity (Wildman–Crippen MR) is 88.9 cm³/mol. The third-order valence-electron chi connectivity index (χ3n) is 4.48. The lowest BCUT2D eigenvalue weighted by atomic mass is 9.88. The first-order chi connectivity index (χ1) is 10.6. The highest BCUT2D eigenvalue weighted by Crippen LogP contribution is 2.25. The smallest absolute Gasteiger partial charge is 0.248 e. The molecule has 2 rings (SSSR count). The molecule has 0 N–H and O–H groups in total. The fourth-order valence-corrected chi connectivity index (χ4v) is 3.07. The number of nitrogens with zero attached hydrogens (tertiary/aromatic N) is 2. The van der Waals surface area contributed by atoms with Crippen LogP contribution in [0.25, 0.3) is 0 Å². The van der Waals surface area contributed by atoms with Gasteiger partial charge in [-0.05, 0) is 17.4 Å². The van der Waals surface area contributed by atoms with Gasteiger partial charge < -0.3 is 9.64 Å². The van der Waals surface area contributed by atoms with Gasteiger partial charge in [0.2, 0.25) is 5.91 Å². The maximum atomic E-state index is 11.8. The lowest BCUT2D eigenvalue weighted by Crippen LogP contribution is -2.50. The minimum atomic E-state index is 0.102. The highest BCUT2D eigenvalue weighted by Gasteiger charge is 2.24. The van der Waals surface area contributed by atoms with Crippen molar-refractivity contribution < 1.29 is 9.53 Å². The Hall–Kier alpha value is -1.39. The Kier molecular flexibility index (Phi) is 6.40. The number of piperazine rings is 1. The molecule has 0 spiro atoms. The molecule has 1 atom stereocenters. The van der Waals surface area contributed by atoms with Gasteiger partial charge >= 0.3 is 0 Å². The Morgan fingerprint density at radius 1 is 1.14 bits per heavy atom. The number of ether oxygens (including phenoxy) is 1. The number of hydrogen-bond donors (Lipinski definition) is 0. The fraction of sp³-hybridized carbons (Fsp3) is 0.611. The van der Waals surface area contributed by atoms with E-state index in [1.54, 1.807) is 7.11 Å². The number of carbonyl (C=O) groups excluding carboxylic acids is 1. The molecule has 1 heterocycles. The van der Waals surface area contributed by atoms with Crippen molar-refractivity contribution in [2.45, 2.75) is 19.8 Å². The molecule has 1 aliphatic heterocycles. The van der Waals surface area contributed by atoms with Crippen molar-refractivity contribution in [3.05, 3.63) is 35.9 Å². The Bertz CT molecular complexity index is 453. The molecule has 1 fully saturated rings. The SMILES string of the molecule is COCC(=O)N1CCN(CC(c2ccccc2)C(C)C)CC1. The third kappa shape index (κ3) is 4.55. The molecule has 1 amide bonds. The van der Waals surface area contributed by atoms with Crippen molar-refractivity contribution in [1.82, 2.24) is 9.80 Å². The van der Waals surface area contributed by atoms with Gasteiger partial charge in [-0.25, -0.2) is 0 Å². The van der Waals surface area contributed by atoms with Crippen molar-refractivity contribution >= 4 is 5.91 Å². The largest absolute Gasteiger partial charge is 0.375 e. The van der Waals surface area contributed by atoms with Crippen LogP contribution in [-0.2, 0) is 9.53 Å². The summed E-state index contributed by atoms with van der Waals surface area (Å²) >= 11 is 0. The second kappa shape index (κ2) is 8.30. The number of carbonyl (C=O) groups is 1. The molecule has 1 unspecified atom stereocenters. The topological polar surface area (TPSA) is 32.8 Å². The molecule has 1 aromatic carbocycles. The van der Waals surface area contributed by atoms with Gasteiger partial charge in [-0.2, -0.15) is 0 Å². The highest BCUT2D eigenvalue weighted by molar-refractivity contribution is 5.77. The van der Waals surface area contributed by atoms with Crippen LogP contribution >= 0.6 is 0 Å². The maximum absolute atomic E-state index is 11.8. The molecule has 4 nitrogen and oxygen atoms in total. The summed E-state index contributed by atoms with van der Waals surface area (Å²) in [4.78, 5) is 16.2. The Labute approximate surface area is 134 Å². The summed E-state index contributed by atoms with van der Waals surface area (Å²) in [5.74, 6) is 1.25. The summed E-state index contributed by atoms with van der Waals surface area (Å²) < 4.78 is 4.93. The monoisotopic (exact) mass is 304 g/mol. The molecule has 0 bridgehead atoms. The second-order valence-electron chi connectivity index (χ2n) is 6.38. The second-order valence-corrected chi connectivity index (χ2v) is 6.38. The molecule has 22 heavy (non-hydrogen) atoms. The van der Waals surface area contributed by atoms with Crippen LogP contribution in [0, 0.1) is 5.92 Å². The van der Waals surface area contributed by atoms with Gasteiger partial charge in [-0.3, -0.25) is 9.69 Å². The summed E-state index contributed by atoms with van der Waals surface area (Å²) in [7, 11) is 1.57. The van der Waals surface area contributed by atoms with E-state index in [4.69, 9.17) is 4.74 Å². The molecule has 122 valence electrons. The zero-order valence-corrected chi connectivity index (χ0v) is 14.0. The minimum absolute atomic E-state index is 0.102. The zero-order valence-electron chi connectivity index (χ0n) is 14.0. The molecule has 1 saturated heterocycles. The van der Waals surface area contributed by atoms with Gasteiger partial charge in [-0.1, -0.05) is 44.2 Å². The van der Waals surface area contributed by atoms with E-state index in [2.05, 4.69) is 49.1 Å². The molecule has 0 aromatic heterocycles. The highest BCUT2D eigenvalue weighted by atomic mass is 16.5. The van der Waals surface area contributed by atoms with Gasteiger partial charge in [0.25, 0.3) is 0 Å². The van der Waals surface area contributed by atoms with Gasteiger partial charge in [-0.15, -0.1) is 0 Å². The van der Waals surface area contributed by atoms with Crippen LogP contribution in [0.5, 0.6) is 0 Å². The van der Waals surface area contributed by atoms with E-state index in [-0.39, 0.29) is 12.5 Å². The van der Waals surface area contributed by atoms with Crippen molar-refractivity contribution in [2.75, 3.05) is 46.4 Å². The first kappa shape index (κ1) is 17.0. The van der Waals surface area contributed by atoms with E-state index in [0.29, 0.717) is 11.8 Å². The molecule has 0 radical (unpaired) electrons. The van der Waals surface area contributed by atoms with Gasteiger partial charge in [0.1, 0.15) is 6.61 Å². The lowest BCUT2D eigenvalue weighted by Gasteiger charge is -2.37. The quantitative estimate of drug-likeness (QED) is 0.808. The number of benzene rings is 1. The number of methoxy groups -OCH3 is 1. The van der Waals surface area contributed by atoms with Crippen molar-refractivity contribution in [1.29, 1.82) is 0 Å².